The van der Waals surface area contributed by atoms with E-state index in [1.807, 2.05) is 15.7 Å². The average Bonchev–Trinajstić information content (AvgIpc) is 3.07. The lowest BCUT2D eigenvalue weighted by Gasteiger charge is -2.32. The Hall–Kier alpha value is -1.11. The highest BCUT2D eigenvalue weighted by atomic mass is 35.5. The molecular weight excluding hydrogens is 334 g/mol. The Morgan fingerprint density at radius 1 is 1.35 bits per heavy atom. The van der Waals surface area contributed by atoms with Crippen molar-refractivity contribution in [2.75, 3.05) is 32.7 Å². The van der Waals surface area contributed by atoms with Crippen molar-refractivity contribution in [3.63, 3.8) is 0 Å². The predicted molar refractivity (Wildman–Crippen MR) is 96.4 cm³/mol. The largest absolute Gasteiger partial charge is 0.351 e. The summed E-state index contributed by atoms with van der Waals surface area (Å²) >= 11 is 1.49. The van der Waals surface area contributed by atoms with E-state index in [1.165, 1.54) is 11.3 Å². The van der Waals surface area contributed by atoms with E-state index in [0.717, 1.165) is 39.0 Å². The molecule has 1 aliphatic rings. The third kappa shape index (κ3) is 6.49. The molecule has 5 nitrogen and oxygen atoms in total. The summed E-state index contributed by atoms with van der Waals surface area (Å²) in [4.78, 5) is 25.8. The fraction of sp³-hybridized carbons (Fsp3) is 0.625. The maximum absolute atomic E-state index is 12.1. The third-order valence-electron chi connectivity index (χ3n) is 4.06. The summed E-state index contributed by atoms with van der Waals surface area (Å²) in [5.74, 6) is 0.730. The van der Waals surface area contributed by atoms with Gasteiger partial charge in [-0.1, -0.05) is 6.92 Å². The van der Waals surface area contributed by atoms with Crippen LogP contribution in [-0.2, 0) is 4.79 Å². The highest BCUT2D eigenvalue weighted by molar-refractivity contribution is 7.08. The molecule has 0 radical (unpaired) electrons. The highest BCUT2D eigenvalue weighted by Gasteiger charge is 2.22. The number of thiophene rings is 1. The maximum Gasteiger partial charge on any atom is 0.252 e. The number of nitrogens with zero attached hydrogens (tertiary/aromatic N) is 1. The van der Waals surface area contributed by atoms with E-state index < -0.39 is 0 Å². The molecule has 0 spiro atoms. The highest BCUT2D eigenvalue weighted by Crippen LogP contribution is 2.16. The van der Waals surface area contributed by atoms with Crippen molar-refractivity contribution in [3.8, 4) is 0 Å². The van der Waals surface area contributed by atoms with Gasteiger partial charge in [0, 0.05) is 37.0 Å². The summed E-state index contributed by atoms with van der Waals surface area (Å²) in [6, 6.07) is 1.79. The minimum Gasteiger partial charge on any atom is -0.351 e. The van der Waals surface area contributed by atoms with Crippen LogP contribution in [0.5, 0.6) is 0 Å². The molecule has 1 saturated heterocycles. The molecule has 2 amide bonds. The number of nitrogens with one attached hydrogen (secondary N) is 2. The topological polar surface area (TPSA) is 61.4 Å². The van der Waals surface area contributed by atoms with E-state index in [4.69, 9.17) is 0 Å². The molecule has 7 heteroatoms. The van der Waals surface area contributed by atoms with Crippen LogP contribution in [0.25, 0.3) is 0 Å². The Kier molecular flexibility index (Phi) is 9.21. The molecule has 0 saturated carbocycles. The molecule has 1 aliphatic heterocycles. The molecule has 0 aliphatic carbocycles. The van der Waals surface area contributed by atoms with Crippen molar-refractivity contribution in [2.45, 2.75) is 26.2 Å². The fourth-order valence-corrected chi connectivity index (χ4v) is 3.31. The summed E-state index contributed by atoms with van der Waals surface area (Å²) in [6.45, 7) is 6.26. The number of halogens is 1. The van der Waals surface area contributed by atoms with Crippen molar-refractivity contribution in [1.82, 2.24) is 15.5 Å². The molecule has 1 aromatic rings. The molecule has 0 atom stereocenters. The smallest absolute Gasteiger partial charge is 0.252 e. The van der Waals surface area contributed by atoms with Crippen LogP contribution >= 0.6 is 23.7 Å². The van der Waals surface area contributed by atoms with Gasteiger partial charge in [-0.25, -0.2) is 0 Å². The number of rotatable bonds is 7. The van der Waals surface area contributed by atoms with Crippen molar-refractivity contribution < 1.29 is 9.59 Å². The average molecular weight is 360 g/mol. The molecule has 0 bridgehead atoms. The van der Waals surface area contributed by atoms with Gasteiger partial charge in [-0.3, -0.25) is 9.59 Å². The van der Waals surface area contributed by atoms with Gasteiger partial charge >= 0.3 is 0 Å². The predicted octanol–water partition coefficient (Wildman–Crippen LogP) is 2.14. The van der Waals surface area contributed by atoms with Crippen LogP contribution in [0, 0.1) is 5.92 Å². The van der Waals surface area contributed by atoms with Crippen molar-refractivity contribution in [1.29, 1.82) is 0 Å². The first-order valence-corrected chi connectivity index (χ1v) is 8.94. The first-order chi connectivity index (χ1) is 10.7. The summed E-state index contributed by atoms with van der Waals surface area (Å²) in [6.07, 6.45) is 2.52. The van der Waals surface area contributed by atoms with E-state index in [9.17, 15) is 9.59 Å². The maximum atomic E-state index is 12.1. The van der Waals surface area contributed by atoms with Gasteiger partial charge in [0.05, 0.1) is 0 Å². The zero-order chi connectivity index (χ0) is 15.8. The molecule has 0 aromatic carbocycles. The zero-order valence-corrected chi connectivity index (χ0v) is 15.2. The first-order valence-electron chi connectivity index (χ1n) is 7.99. The molecule has 2 heterocycles. The Balaban J connectivity index is 0.00000264. The first kappa shape index (κ1) is 19.9. The van der Waals surface area contributed by atoms with Crippen LogP contribution in [0.15, 0.2) is 16.8 Å². The van der Waals surface area contributed by atoms with E-state index in [2.05, 4.69) is 17.6 Å². The number of piperidine rings is 1. The quantitative estimate of drug-likeness (QED) is 0.784. The van der Waals surface area contributed by atoms with Crippen molar-refractivity contribution in [3.05, 3.63) is 22.4 Å². The Morgan fingerprint density at radius 3 is 2.70 bits per heavy atom. The van der Waals surface area contributed by atoms with Gasteiger partial charge in [-0.05, 0) is 43.3 Å². The van der Waals surface area contributed by atoms with E-state index >= 15 is 0 Å². The zero-order valence-electron chi connectivity index (χ0n) is 13.5. The van der Waals surface area contributed by atoms with Gasteiger partial charge in [-0.2, -0.15) is 11.3 Å². The van der Waals surface area contributed by atoms with E-state index in [0.29, 0.717) is 24.4 Å². The second-order valence-corrected chi connectivity index (χ2v) is 6.43. The second kappa shape index (κ2) is 10.6. The van der Waals surface area contributed by atoms with Gasteiger partial charge in [0.2, 0.25) is 5.91 Å². The number of amides is 2. The van der Waals surface area contributed by atoms with Crippen LogP contribution in [0.3, 0.4) is 0 Å². The normalized spacial score (nSPS) is 15.1. The number of carbonyl (C=O) groups excluding carboxylic acids is 2. The van der Waals surface area contributed by atoms with Crippen molar-refractivity contribution in [2.24, 2.45) is 5.92 Å². The summed E-state index contributed by atoms with van der Waals surface area (Å²) in [5, 5.41) is 9.86. The van der Waals surface area contributed by atoms with Crippen LogP contribution in [0.1, 0.15) is 36.5 Å². The lowest BCUT2D eigenvalue weighted by Crippen LogP contribution is -2.41. The van der Waals surface area contributed by atoms with Gasteiger partial charge < -0.3 is 15.5 Å². The Bertz CT molecular complexity index is 474. The van der Waals surface area contributed by atoms with Crippen LogP contribution in [0.2, 0.25) is 0 Å². The van der Waals surface area contributed by atoms with E-state index in [-0.39, 0.29) is 24.2 Å². The minimum atomic E-state index is -0.0987. The Labute approximate surface area is 148 Å². The number of carbonyl (C=O) groups is 2. The molecule has 1 aromatic heterocycles. The van der Waals surface area contributed by atoms with Gasteiger partial charge in [0.25, 0.3) is 5.91 Å². The molecule has 2 N–H and O–H groups in total. The SMILES string of the molecule is CCNCC1CCN(C(=O)CCNC(=O)c2ccsc2)CC1.Cl. The molecule has 130 valence electrons. The number of likely N-dealkylation sites (tertiary alicyclic amines) is 1. The van der Waals surface area contributed by atoms with Crippen LogP contribution in [0.4, 0.5) is 0 Å². The van der Waals surface area contributed by atoms with Crippen LogP contribution < -0.4 is 10.6 Å². The lowest BCUT2D eigenvalue weighted by atomic mass is 9.96. The van der Waals surface area contributed by atoms with Crippen LogP contribution in [-0.4, -0.2) is 49.4 Å². The minimum absolute atomic E-state index is 0. The monoisotopic (exact) mass is 359 g/mol. The van der Waals surface area contributed by atoms with Gasteiger partial charge in [0.1, 0.15) is 0 Å². The molecule has 23 heavy (non-hydrogen) atoms. The number of hydrogen-bond acceptors (Lipinski definition) is 4. The summed E-state index contributed by atoms with van der Waals surface area (Å²) in [5.41, 5.74) is 0.668. The summed E-state index contributed by atoms with van der Waals surface area (Å²) < 4.78 is 0. The second-order valence-electron chi connectivity index (χ2n) is 5.65. The molecular formula is C16H26ClN3O2S. The molecule has 1 fully saturated rings. The lowest BCUT2D eigenvalue weighted by molar-refractivity contribution is -0.132. The van der Waals surface area contributed by atoms with Gasteiger partial charge in [0.15, 0.2) is 0 Å². The fourth-order valence-electron chi connectivity index (χ4n) is 2.67. The molecule has 2 rings (SSSR count). The molecule has 0 unspecified atom stereocenters. The number of hydrogen-bond donors (Lipinski definition) is 2. The van der Waals surface area contributed by atoms with Crippen molar-refractivity contribution >= 4 is 35.6 Å². The standard InChI is InChI=1S/C16H25N3O2S.ClH/c1-2-17-11-13-4-8-19(9-5-13)15(20)3-7-18-16(21)14-6-10-22-12-14;/h6,10,12-13,17H,2-5,7-9,11H2,1H3,(H,18,21);1H. The Morgan fingerprint density at radius 2 is 2.09 bits per heavy atom. The van der Waals surface area contributed by atoms with E-state index in [1.54, 1.807) is 6.07 Å². The van der Waals surface area contributed by atoms with Gasteiger partial charge in [-0.15, -0.1) is 12.4 Å². The third-order valence-corrected chi connectivity index (χ3v) is 4.74. The summed E-state index contributed by atoms with van der Waals surface area (Å²) in [7, 11) is 0.